The Morgan fingerprint density at radius 1 is 1.42 bits per heavy atom. The van der Waals surface area contributed by atoms with Crippen LogP contribution in [-0.2, 0) is 6.18 Å². The zero-order valence-corrected chi connectivity index (χ0v) is 12.5. The third kappa shape index (κ3) is 4.35. The van der Waals surface area contributed by atoms with Crippen LogP contribution in [0.15, 0.2) is 34.8 Å². The summed E-state index contributed by atoms with van der Waals surface area (Å²) in [5, 5.41) is 3.20. The van der Waals surface area contributed by atoms with Gasteiger partial charge in [0, 0.05) is 4.47 Å². The monoisotopic (exact) mass is 335 g/mol. The summed E-state index contributed by atoms with van der Waals surface area (Å²) in [5.41, 5.74) is 0.718. The van der Waals surface area contributed by atoms with Crippen LogP contribution in [0.5, 0.6) is 0 Å². The minimum Gasteiger partial charge on any atom is -0.307 e. The minimum absolute atomic E-state index is 0.0553. The molecule has 0 spiro atoms. The van der Waals surface area contributed by atoms with E-state index in [1.54, 1.807) is 6.07 Å². The summed E-state index contributed by atoms with van der Waals surface area (Å²) in [7, 11) is 0. The summed E-state index contributed by atoms with van der Waals surface area (Å²) in [6.07, 6.45) is -3.45. The van der Waals surface area contributed by atoms with Crippen LogP contribution >= 0.6 is 15.9 Å². The Kier molecular flexibility index (Phi) is 5.62. The molecule has 1 aromatic carbocycles. The van der Waals surface area contributed by atoms with E-state index in [0.29, 0.717) is 5.56 Å². The van der Waals surface area contributed by atoms with E-state index >= 15 is 0 Å². The van der Waals surface area contributed by atoms with Gasteiger partial charge in [0.05, 0.1) is 11.6 Å². The first kappa shape index (κ1) is 16.2. The molecular formula is C14H17BrF3N. The first-order chi connectivity index (χ1) is 8.77. The van der Waals surface area contributed by atoms with E-state index in [9.17, 15) is 13.2 Å². The van der Waals surface area contributed by atoms with Crippen LogP contribution in [0, 0.1) is 0 Å². The van der Waals surface area contributed by atoms with Crippen molar-refractivity contribution >= 4 is 15.9 Å². The zero-order valence-electron chi connectivity index (χ0n) is 10.9. The number of hydrogen-bond donors (Lipinski definition) is 1. The van der Waals surface area contributed by atoms with Crippen LogP contribution in [-0.4, -0.2) is 6.54 Å². The minimum atomic E-state index is -4.36. The lowest BCUT2D eigenvalue weighted by Gasteiger charge is -2.21. The summed E-state index contributed by atoms with van der Waals surface area (Å²) >= 11 is 2.94. The third-order valence-electron chi connectivity index (χ3n) is 2.72. The Morgan fingerprint density at radius 3 is 2.53 bits per heavy atom. The maximum atomic E-state index is 12.9. The highest BCUT2D eigenvalue weighted by atomic mass is 79.9. The first-order valence-corrected chi connectivity index (χ1v) is 6.82. The summed E-state index contributed by atoms with van der Waals surface area (Å²) in [4.78, 5) is 0. The van der Waals surface area contributed by atoms with Crippen molar-refractivity contribution in [3.05, 3.63) is 46.0 Å². The van der Waals surface area contributed by atoms with Crippen LogP contribution in [0.2, 0.25) is 0 Å². The van der Waals surface area contributed by atoms with Gasteiger partial charge in [-0.1, -0.05) is 41.1 Å². The summed E-state index contributed by atoms with van der Waals surface area (Å²) in [5.74, 6) is 0. The lowest BCUT2D eigenvalue weighted by Crippen LogP contribution is -2.23. The molecule has 1 rings (SSSR count). The van der Waals surface area contributed by atoms with Gasteiger partial charge in [-0.05, 0) is 37.6 Å². The number of benzene rings is 1. The number of hydrogen-bond acceptors (Lipinski definition) is 1. The Balaban J connectivity index is 3.15. The van der Waals surface area contributed by atoms with Gasteiger partial charge in [0.2, 0.25) is 0 Å². The number of rotatable bonds is 5. The molecule has 1 aromatic rings. The molecule has 0 aliphatic carbocycles. The molecule has 1 unspecified atom stereocenters. The van der Waals surface area contributed by atoms with Crippen LogP contribution in [0.4, 0.5) is 13.2 Å². The highest BCUT2D eigenvalue weighted by molar-refractivity contribution is 9.10. The SMILES string of the molecule is C=C(C)C(NCCC)c1ccc(Br)c(C(F)(F)F)c1. The van der Waals surface area contributed by atoms with Crippen molar-refractivity contribution in [1.29, 1.82) is 0 Å². The smallest absolute Gasteiger partial charge is 0.307 e. The average Bonchev–Trinajstić information content (AvgIpc) is 2.29. The van der Waals surface area contributed by atoms with E-state index in [-0.39, 0.29) is 10.5 Å². The van der Waals surface area contributed by atoms with Gasteiger partial charge < -0.3 is 5.32 Å². The van der Waals surface area contributed by atoms with E-state index in [0.717, 1.165) is 18.5 Å². The molecule has 0 aliphatic rings. The van der Waals surface area contributed by atoms with Crippen molar-refractivity contribution in [1.82, 2.24) is 5.32 Å². The summed E-state index contributed by atoms with van der Waals surface area (Å²) in [6.45, 7) is 8.39. The van der Waals surface area contributed by atoms with Gasteiger partial charge in [0.25, 0.3) is 0 Å². The fourth-order valence-corrected chi connectivity index (χ4v) is 2.28. The molecule has 106 valence electrons. The molecule has 0 saturated heterocycles. The standard InChI is InChI=1S/C14H17BrF3N/c1-4-7-19-13(9(2)3)10-5-6-12(15)11(8-10)14(16,17)18/h5-6,8,13,19H,2,4,7H2,1,3H3. The van der Waals surface area contributed by atoms with Crippen LogP contribution < -0.4 is 5.32 Å². The topological polar surface area (TPSA) is 12.0 Å². The molecule has 0 amide bonds. The average molecular weight is 336 g/mol. The maximum Gasteiger partial charge on any atom is 0.417 e. The quantitative estimate of drug-likeness (QED) is 0.739. The fourth-order valence-electron chi connectivity index (χ4n) is 1.80. The van der Waals surface area contributed by atoms with Crippen molar-refractivity contribution in [3.8, 4) is 0 Å². The van der Waals surface area contributed by atoms with Crippen LogP contribution in [0.25, 0.3) is 0 Å². The largest absolute Gasteiger partial charge is 0.417 e. The zero-order chi connectivity index (χ0) is 14.6. The molecule has 0 aliphatic heterocycles. The van der Waals surface area contributed by atoms with Gasteiger partial charge in [-0.2, -0.15) is 13.2 Å². The summed E-state index contributed by atoms with van der Waals surface area (Å²) < 4.78 is 38.7. The number of alkyl halides is 3. The van der Waals surface area contributed by atoms with Crippen molar-refractivity contribution < 1.29 is 13.2 Å². The van der Waals surface area contributed by atoms with Gasteiger partial charge in [0.1, 0.15) is 0 Å². The Bertz CT molecular complexity index is 454. The maximum absolute atomic E-state index is 12.9. The highest BCUT2D eigenvalue weighted by Gasteiger charge is 2.33. The molecule has 5 heteroatoms. The fraction of sp³-hybridized carbons (Fsp3) is 0.429. The lowest BCUT2D eigenvalue weighted by molar-refractivity contribution is -0.138. The summed E-state index contributed by atoms with van der Waals surface area (Å²) in [6, 6.07) is 4.03. The normalized spacial score (nSPS) is 13.4. The molecule has 0 fully saturated rings. The van der Waals surface area contributed by atoms with Crippen LogP contribution in [0.1, 0.15) is 37.4 Å². The number of halogens is 4. The molecule has 0 bridgehead atoms. The van der Waals surface area contributed by atoms with E-state index < -0.39 is 11.7 Å². The van der Waals surface area contributed by atoms with Crippen molar-refractivity contribution in [2.45, 2.75) is 32.5 Å². The second-order valence-electron chi connectivity index (χ2n) is 4.47. The number of nitrogens with one attached hydrogen (secondary N) is 1. The van der Waals surface area contributed by atoms with Gasteiger partial charge in [-0.3, -0.25) is 0 Å². The van der Waals surface area contributed by atoms with Crippen molar-refractivity contribution in [2.75, 3.05) is 6.54 Å². The molecular weight excluding hydrogens is 319 g/mol. The Morgan fingerprint density at radius 2 is 2.05 bits per heavy atom. The molecule has 19 heavy (non-hydrogen) atoms. The van der Waals surface area contributed by atoms with E-state index in [1.807, 2.05) is 13.8 Å². The Labute approximate surface area is 120 Å². The van der Waals surface area contributed by atoms with E-state index in [2.05, 4.69) is 27.8 Å². The van der Waals surface area contributed by atoms with Gasteiger partial charge in [-0.25, -0.2) is 0 Å². The van der Waals surface area contributed by atoms with Crippen LogP contribution in [0.3, 0.4) is 0 Å². The molecule has 0 saturated carbocycles. The lowest BCUT2D eigenvalue weighted by atomic mass is 9.98. The second-order valence-corrected chi connectivity index (χ2v) is 5.32. The predicted molar refractivity (Wildman–Crippen MR) is 75.0 cm³/mol. The van der Waals surface area contributed by atoms with Crippen molar-refractivity contribution in [3.63, 3.8) is 0 Å². The van der Waals surface area contributed by atoms with Gasteiger partial charge >= 0.3 is 6.18 Å². The second kappa shape index (κ2) is 6.57. The van der Waals surface area contributed by atoms with Gasteiger partial charge in [0.15, 0.2) is 0 Å². The molecule has 1 nitrogen and oxygen atoms in total. The van der Waals surface area contributed by atoms with E-state index in [4.69, 9.17) is 0 Å². The van der Waals surface area contributed by atoms with E-state index in [1.165, 1.54) is 12.1 Å². The van der Waals surface area contributed by atoms with Gasteiger partial charge in [-0.15, -0.1) is 0 Å². The molecule has 0 heterocycles. The molecule has 0 aromatic heterocycles. The van der Waals surface area contributed by atoms with Crippen molar-refractivity contribution in [2.24, 2.45) is 0 Å². The third-order valence-corrected chi connectivity index (χ3v) is 3.41. The molecule has 0 radical (unpaired) electrons. The molecule has 1 atom stereocenters. The molecule has 1 N–H and O–H groups in total. The first-order valence-electron chi connectivity index (χ1n) is 6.02. The Hall–Kier alpha value is -0.810. The predicted octanol–water partition coefficient (Wildman–Crippen LogP) is 5.08. The highest BCUT2D eigenvalue weighted by Crippen LogP contribution is 2.37.